The van der Waals surface area contributed by atoms with Gasteiger partial charge in [0.2, 0.25) is 0 Å². The Hall–Kier alpha value is -0.220. The van der Waals surface area contributed by atoms with E-state index in [2.05, 4.69) is 17.4 Å². The Labute approximate surface area is 113 Å². The third-order valence-corrected chi connectivity index (χ3v) is 4.51. The van der Waals surface area contributed by atoms with E-state index in [-0.39, 0.29) is 0 Å². The summed E-state index contributed by atoms with van der Waals surface area (Å²) in [7, 11) is 0. The second kappa shape index (κ2) is 7.27. The van der Waals surface area contributed by atoms with Gasteiger partial charge in [0.05, 0.1) is 6.54 Å². The van der Waals surface area contributed by atoms with Crippen LogP contribution in [0.15, 0.2) is 29.2 Å². The van der Waals surface area contributed by atoms with E-state index in [1.165, 1.54) is 49.8 Å². The van der Waals surface area contributed by atoms with Gasteiger partial charge < -0.3 is 10.2 Å². The fourth-order valence-corrected chi connectivity index (χ4v) is 3.15. The second-order valence-corrected chi connectivity index (χ2v) is 6.13. The summed E-state index contributed by atoms with van der Waals surface area (Å²) in [5, 5.41) is 3.25. The molecule has 1 aromatic carbocycles. The zero-order valence-electron chi connectivity index (χ0n) is 10.1. The molecule has 17 heavy (non-hydrogen) atoms. The molecule has 0 bridgehead atoms. The van der Waals surface area contributed by atoms with Gasteiger partial charge in [-0.1, -0.05) is 11.6 Å². The summed E-state index contributed by atoms with van der Waals surface area (Å²) >= 11 is 7.80. The lowest BCUT2D eigenvalue weighted by Crippen LogP contribution is -3.20. The van der Waals surface area contributed by atoms with Crippen LogP contribution in [0.3, 0.4) is 0 Å². The van der Waals surface area contributed by atoms with E-state index in [1.807, 2.05) is 23.9 Å². The second-order valence-electron chi connectivity index (χ2n) is 4.52. The Kier molecular flexibility index (Phi) is 5.65. The van der Waals surface area contributed by atoms with E-state index in [1.54, 1.807) is 4.90 Å². The summed E-state index contributed by atoms with van der Waals surface area (Å²) in [6.45, 7) is 6.62. The van der Waals surface area contributed by atoms with Crippen molar-refractivity contribution in [3.8, 4) is 0 Å². The van der Waals surface area contributed by atoms with Crippen LogP contribution < -0.4 is 10.2 Å². The van der Waals surface area contributed by atoms with Gasteiger partial charge in [0, 0.05) is 22.1 Å². The molecule has 94 valence electrons. The summed E-state index contributed by atoms with van der Waals surface area (Å²) < 4.78 is 0. The zero-order valence-corrected chi connectivity index (χ0v) is 11.7. The molecular formula is C13H21ClN2S+2. The summed E-state index contributed by atoms with van der Waals surface area (Å²) in [5.74, 6) is 1.22. The minimum absolute atomic E-state index is 0.823. The molecular weight excluding hydrogens is 252 g/mol. The molecule has 1 saturated heterocycles. The molecule has 4 heteroatoms. The first-order valence-electron chi connectivity index (χ1n) is 6.38. The molecule has 0 aromatic heterocycles. The van der Waals surface area contributed by atoms with Crippen LogP contribution in [0.4, 0.5) is 0 Å². The first-order valence-corrected chi connectivity index (χ1v) is 7.74. The summed E-state index contributed by atoms with van der Waals surface area (Å²) in [6.07, 6.45) is 1.31. The zero-order chi connectivity index (χ0) is 11.9. The van der Waals surface area contributed by atoms with Gasteiger partial charge in [0.1, 0.15) is 26.2 Å². The van der Waals surface area contributed by atoms with Crippen molar-refractivity contribution < 1.29 is 10.2 Å². The molecule has 2 rings (SSSR count). The number of thioether (sulfide) groups is 1. The van der Waals surface area contributed by atoms with Gasteiger partial charge in [-0.05, 0) is 24.3 Å². The van der Waals surface area contributed by atoms with Crippen molar-refractivity contribution in [2.75, 3.05) is 38.5 Å². The van der Waals surface area contributed by atoms with Crippen molar-refractivity contribution in [2.24, 2.45) is 0 Å². The Morgan fingerprint density at radius 2 is 1.88 bits per heavy atom. The Bertz CT molecular complexity index is 323. The van der Waals surface area contributed by atoms with Crippen molar-refractivity contribution >= 4 is 23.4 Å². The van der Waals surface area contributed by atoms with E-state index < -0.39 is 0 Å². The van der Waals surface area contributed by atoms with E-state index in [0.29, 0.717) is 0 Å². The van der Waals surface area contributed by atoms with Crippen molar-refractivity contribution in [3.05, 3.63) is 29.3 Å². The van der Waals surface area contributed by atoms with Gasteiger partial charge in [-0.15, -0.1) is 11.8 Å². The maximum absolute atomic E-state index is 5.86. The van der Waals surface area contributed by atoms with E-state index in [4.69, 9.17) is 11.6 Å². The SMILES string of the molecule is Clc1ccc(SCCC[NH+]2CC[NH2+]CC2)cc1. The smallest absolute Gasteiger partial charge is 0.127 e. The van der Waals surface area contributed by atoms with Crippen LogP contribution in [0, 0.1) is 0 Å². The average Bonchev–Trinajstić information content (AvgIpc) is 2.38. The number of quaternary nitrogens is 2. The lowest BCUT2D eigenvalue weighted by Gasteiger charge is -2.21. The molecule has 0 saturated carbocycles. The summed E-state index contributed by atoms with van der Waals surface area (Å²) in [6, 6.07) is 8.15. The average molecular weight is 273 g/mol. The standard InChI is InChI=1S/C13H19ClN2S/c14-12-2-4-13(5-3-12)17-11-1-8-16-9-6-15-7-10-16/h2-5,15H,1,6-11H2/p+2. The highest BCUT2D eigenvalue weighted by Crippen LogP contribution is 2.20. The number of hydrogen-bond donors (Lipinski definition) is 2. The normalized spacial score (nSPS) is 17.2. The predicted molar refractivity (Wildman–Crippen MR) is 74.0 cm³/mol. The number of hydrogen-bond acceptors (Lipinski definition) is 1. The number of halogens is 1. The van der Waals surface area contributed by atoms with Gasteiger partial charge in [0.15, 0.2) is 0 Å². The van der Waals surface area contributed by atoms with Gasteiger partial charge >= 0.3 is 0 Å². The first kappa shape index (κ1) is 13.2. The van der Waals surface area contributed by atoms with E-state index >= 15 is 0 Å². The largest absolute Gasteiger partial charge is 0.337 e. The maximum atomic E-state index is 5.86. The summed E-state index contributed by atoms with van der Waals surface area (Å²) in [4.78, 5) is 3.11. The van der Waals surface area contributed by atoms with Crippen LogP contribution in [0.2, 0.25) is 5.02 Å². The van der Waals surface area contributed by atoms with Crippen molar-refractivity contribution in [1.29, 1.82) is 0 Å². The van der Waals surface area contributed by atoms with Gasteiger partial charge in [0.25, 0.3) is 0 Å². The molecule has 1 aliphatic rings. The molecule has 0 aliphatic carbocycles. The highest BCUT2D eigenvalue weighted by molar-refractivity contribution is 7.99. The number of benzene rings is 1. The fourth-order valence-electron chi connectivity index (χ4n) is 2.17. The van der Waals surface area contributed by atoms with Crippen molar-refractivity contribution in [2.45, 2.75) is 11.3 Å². The quantitative estimate of drug-likeness (QED) is 0.583. The monoisotopic (exact) mass is 272 g/mol. The minimum atomic E-state index is 0.823. The predicted octanol–water partition coefficient (Wildman–Crippen LogP) is 0.284. The number of nitrogens with two attached hydrogens (primary N) is 1. The molecule has 0 atom stereocenters. The molecule has 1 fully saturated rings. The molecule has 0 amide bonds. The van der Waals surface area contributed by atoms with E-state index in [9.17, 15) is 0 Å². The van der Waals surface area contributed by atoms with Crippen LogP contribution in [0.1, 0.15) is 6.42 Å². The fraction of sp³-hybridized carbons (Fsp3) is 0.538. The molecule has 3 N–H and O–H groups in total. The Morgan fingerprint density at radius 3 is 2.59 bits per heavy atom. The lowest BCUT2D eigenvalue weighted by molar-refractivity contribution is -0.946. The lowest BCUT2D eigenvalue weighted by atomic mass is 10.3. The molecule has 0 spiro atoms. The van der Waals surface area contributed by atoms with Crippen molar-refractivity contribution in [3.63, 3.8) is 0 Å². The molecule has 2 nitrogen and oxygen atoms in total. The van der Waals surface area contributed by atoms with Crippen LogP contribution in [-0.4, -0.2) is 38.5 Å². The summed E-state index contributed by atoms with van der Waals surface area (Å²) in [5.41, 5.74) is 0. The van der Waals surface area contributed by atoms with Crippen LogP contribution in [-0.2, 0) is 0 Å². The van der Waals surface area contributed by atoms with Crippen LogP contribution in [0.5, 0.6) is 0 Å². The third kappa shape index (κ3) is 4.88. The van der Waals surface area contributed by atoms with Crippen molar-refractivity contribution in [1.82, 2.24) is 0 Å². The Morgan fingerprint density at radius 1 is 1.18 bits per heavy atom. The highest BCUT2D eigenvalue weighted by Gasteiger charge is 2.14. The topological polar surface area (TPSA) is 21.1 Å². The van der Waals surface area contributed by atoms with Crippen LogP contribution in [0.25, 0.3) is 0 Å². The van der Waals surface area contributed by atoms with E-state index in [0.717, 1.165) is 5.02 Å². The third-order valence-electron chi connectivity index (χ3n) is 3.16. The number of nitrogens with one attached hydrogen (secondary N) is 1. The molecule has 1 heterocycles. The first-order chi connectivity index (χ1) is 8.34. The molecule has 1 aliphatic heterocycles. The molecule has 1 aromatic rings. The maximum Gasteiger partial charge on any atom is 0.127 e. The highest BCUT2D eigenvalue weighted by atomic mass is 35.5. The van der Waals surface area contributed by atoms with Gasteiger partial charge in [-0.25, -0.2) is 0 Å². The molecule has 0 radical (unpaired) electrons. The number of rotatable bonds is 5. The number of piperazine rings is 1. The Balaban J connectivity index is 1.60. The van der Waals surface area contributed by atoms with Crippen LogP contribution >= 0.6 is 23.4 Å². The minimum Gasteiger partial charge on any atom is -0.337 e. The van der Waals surface area contributed by atoms with Gasteiger partial charge in [-0.2, -0.15) is 0 Å². The van der Waals surface area contributed by atoms with Gasteiger partial charge in [-0.3, -0.25) is 0 Å². The molecule has 0 unspecified atom stereocenters.